The minimum Gasteiger partial charge on any atom is -0.493 e. The van der Waals surface area contributed by atoms with E-state index in [-0.39, 0.29) is 5.91 Å². The number of benzene rings is 4. The second-order valence-electron chi connectivity index (χ2n) is 8.37. The molecule has 0 saturated heterocycles. The number of aryl methyl sites for hydroxylation is 1. The van der Waals surface area contributed by atoms with Crippen molar-refractivity contribution < 1.29 is 19.1 Å². The fourth-order valence-corrected chi connectivity index (χ4v) is 3.65. The third-order valence-corrected chi connectivity index (χ3v) is 5.68. The van der Waals surface area contributed by atoms with Gasteiger partial charge in [-0.05, 0) is 66.6 Å². The maximum Gasteiger partial charge on any atom is 0.269 e. The number of hydrazine groups is 1. The number of hydrogen-bond acceptors (Lipinski definition) is 4. The van der Waals surface area contributed by atoms with E-state index >= 15 is 0 Å². The molecule has 0 aliphatic rings. The normalized spacial score (nSPS) is 10.3. The summed E-state index contributed by atoms with van der Waals surface area (Å²) < 4.78 is 5.77. The van der Waals surface area contributed by atoms with Gasteiger partial charge in [-0.3, -0.25) is 25.2 Å². The number of ether oxygens (including phenoxy) is 1. The second-order valence-corrected chi connectivity index (χ2v) is 8.37. The van der Waals surface area contributed by atoms with Crippen LogP contribution in [0.5, 0.6) is 5.75 Å². The van der Waals surface area contributed by atoms with Gasteiger partial charge in [0.1, 0.15) is 5.75 Å². The third kappa shape index (κ3) is 7.05. The molecule has 4 rings (SSSR count). The molecule has 0 atom stereocenters. The first-order valence-corrected chi connectivity index (χ1v) is 11.8. The number of amides is 3. The van der Waals surface area contributed by atoms with Gasteiger partial charge in [0.15, 0.2) is 0 Å². The summed E-state index contributed by atoms with van der Waals surface area (Å²) >= 11 is 0. The molecule has 4 aromatic carbocycles. The standard InChI is InChI=1S/C30H27N3O4/c1-21-8-5-6-13-27(21)30(36)31-25-16-14-23(15-17-25)28(34)32-33-29(35)24-11-7-12-26(20-24)37-19-18-22-9-3-2-4-10-22/h2-17,20H,18-19H2,1H3,(H,31,36)(H,32,34)(H,33,35). The van der Waals surface area contributed by atoms with E-state index in [4.69, 9.17) is 4.74 Å². The Morgan fingerprint density at radius 3 is 2.08 bits per heavy atom. The molecule has 0 aliphatic carbocycles. The highest BCUT2D eigenvalue weighted by Crippen LogP contribution is 2.15. The lowest BCUT2D eigenvalue weighted by molar-refractivity contribution is 0.0846. The molecule has 37 heavy (non-hydrogen) atoms. The Balaban J connectivity index is 1.27. The van der Waals surface area contributed by atoms with E-state index in [1.807, 2.05) is 49.4 Å². The zero-order valence-corrected chi connectivity index (χ0v) is 20.4. The smallest absolute Gasteiger partial charge is 0.269 e. The zero-order valence-electron chi connectivity index (χ0n) is 20.4. The van der Waals surface area contributed by atoms with Crippen LogP contribution >= 0.6 is 0 Å². The molecule has 0 radical (unpaired) electrons. The first-order valence-electron chi connectivity index (χ1n) is 11.8. The molecule has 0 aromatic heterocycles. The van der Waals surface area contributed by atoms with Gasteiger partial charge in [0.2, 0.25) is 0 Å². The summed E-state index contributed by atoms with van der Waals surface area (Å²) in [4.78, 5) is 37.5. The van der Waals surface area contributed by atoms with Crippen LogP contribution in [0, 0.1) is 6.92 Å². The quantitative estimate of drug-likeness (QED) is 0.303. The molecule has 7 heteroatoms. The molecule has 0 fully saturated rings. The Morgan fingerprint density at radius 1 is 0.676 bits per heavy atom. The lowest BCUT2D eigenvalue weighted by atomic mass is 10.1. The van der Waals surface area contributed by atoms with Crippen LogP contribution in [0.1, 0.15) is 42.2 Å². The highest BCUT2D eigenvalue weighted by Gasteiger charge is 2.12. The van der Waals surface area contributed by atoms with Crippen molar-refractivity contribution in [2.45, 2.75) is 13.3 Å². The summed E-state index contributed by atoms with van der Waals surface area (Å²) in [6.45, 7) is 2.35. The van der Waals surface area contributed by atoms with E-state index in [0.29, 0.717) is 34.7 Å². The number of hydrogen-bond donors (Lipinski definition) is 3. The first kappa shape index (κ1) is 25.2. The van der Waals surface area contributed by atoms with Gasteiger partial charge in [0, 0.05) is 28.8 Å². The SMILES string of the molecule is Cc1ccccc1C(=O)Nc1ccc(C(=O)NNC(=O)c2cccc(OCCc3ccccc3)c2)cc1. The number of anilines is 1. The van der Waals surface area contributed by atoms with E-state index in [1.165, 1.54) is 5.56 Å². The van der Waals surface area contributed by atoms with Crippen LogP contribution in [0.15, 0.2) is 103 Å². The van der Waals surface area contributed by atoms with Crippen molar-refractivity contribution in [3.05, 3.63) is 131 Å². The predicted molar refractivity (Wildman–Crippen MR) is 143 cm³/mol. The molecule has 0 unspecified atom stereocenters. The van der Waals surface area contributed by atoms with E-state index in [0.717, 1.165) is 12.0 Å². The monoisotopic (exact) mass is 493 g/mol. The second kappa shape index (κ2) is 12.2. The number of carbonyl (C=O) groups is 3. The van der Waals surface area contributed by atoms with Crippen LogP contribution < -0.4 is 20.9 Å². The average Bonchev–Trinajstić information content (AvgIpc) is 2.93. The summed E-state index contributed by atoms with van der Waals surface area (Å²) in [6, 6.07) is 30.4. The molecule has 0 saturated carbocycles. The summed E-state index contributed by atoms with van der Waals surface area (Å²) in [5, 5.41) is 2.81. The average molecular weight is 494 g/mol. The van der Waals surface area contributed by atoms with Gasteiger partial charge in [-0.15, -0.1) is 0 Å². The summed E-state index contributed by atoms with van der Waals surface area (Å²) in [7, 11) is 0. The number of rotatable bonds is 8. The van der Waals surface area contributed by atoms with Crippen molar-refractivity contribution in [3.8, 4) is 5.75 Å². The molecule has 0 bridgehead atoms. The zero-order chi connectivity index (χ0) is 26.0. The number of nitrogens with one attached hydrogen (secondary N) is 3. The molecule has 4 aromatic rings. The van der Waals surface area contributed by atoms with E-state index in [2.05, 4.69) is 16.2 Å². The van der Waals surface area contributed by atoms with Gasteiger partial charge < -0.3 is 10.1 Å². The number of carbonyl (C=O) groups excluding carboxylic acids is 3. The van der Waals surface area contributed by atoms with Crippen molar-refractivity contribution in [3.63, 3.8) is 0 Å². The van der Waals surface area contributed by atoms with Crippen LogP contribution in [-0.2, 0) is 6.42 Å². The van der Waals surface area contributed by atoms with Gasteiger partial charge in [0.05, 0.1) is 6.61 Å². The maximum atomic E-state index is 12.5. The topological polar surface area (TPSA) is 96.5 Å². The van der Waals surface area contributed by atoms with Gasteiger partial charge in [-0.2, -0.15) is 0 Å². The molecule has 3 N–H and O–H groups in total. The van der Waals surface area contributed by atoms with Crippen molar-refractivity contribution >= 4 is 23.4 Å². The lowest BCUT2D eigenvalue weighted by Gasteiger charge is -2.11. The Kier molecular flexibility index (Phi) is 8.29. The van der Waals surface area contributed by atoms with Gasteiger partial charge in [-0.1, -0.05) is 54.6 Å². The molecule has 186 valence electrons. The fraction of sp³-hybridized carbons (Fsp3) is 0.100. The molecule has 0 spiro atoms. The molecule has 0 aliphatic heterocycles. The highest BCUT2D eigenvalue weighted by molar-refractivity contribution is 6.05. The summed E-state index contributed by atoms with van der Waals surface area (Å²) in [5.41, 5.74) is 8.68. The van der Waals surface area contributed by atoms with Gasteiger partial charge in [0.25, 0.3) is 17.7 Å². The maximum absolute atomic E-state index is 12.5. The predicted octanol–water partition coefficient (Wildman–Crippen LogP) is 4.94. The highest BCUT2D eigenvalue weighted by atomic mass is 16.5. The first-order chi connectivity index (χ1) is 18.0. The van der Waals surface area contributed by atoms with E-state index in [1.54, 1.807) is 60.7 Å². The Bertz CT molecular complexity index is 1390. The minimum absolute atomic E-state index is 0.228. The fourth-order valence-electron chi connectivity index (χ4n) is 3.65. The molecule has 3 amide bonds. The van der Waals surface area contributed by atoms with Crippen molar-refractivity contribution in [2.75, 3.05) is 11.9 Å². The lowest BCUT2D eigenvalue weighted by Crippen LogP contribution is -2.41. The van der Waals surface area contributed by atoms with Crippen LogP contribution in [0.3, 0.4) is 0 Å². The minimum atomic E-state index is -0.486. The molecular formula is C30H27N3O4. The molecule has 0 heterocycles. The van der Waals surface area contributed by atoms with Gasteiger partial charge >= 0.3 is 0 Å². The van der Waals surface area contributed by atoms with E-state index in [9.17, 15) is 14.4 Å². The summed E-state index contributed by atoms with van der Waals surface area (Å²) in [6.07, 6.45) is 0.752. The largest absolute Gasteiger partial charge is 0.493 e. The van der Waals surface area contributed by atoms with Crippen LogP contribution in [0.25, 0.3) is 0 Å². The van der Waals surface area contributed by atoms with Gasteiger partial charge in [-0.25, -0.2) is 0 Å². The van der Waals surface area contributed by atoms with Crippen LogP contribution in [0.4, 0.5) is 5.69 Å². The van der Waals surface area contributed by atoms with E-state index < -0.39 is 11.8 Å². The Hall–Kier alpha value is -4.91. The van der Waals surface area contributed by atoms with Crippen LogP contribution in [-0.4, -0.2) is 24.3 Å². The Labute approximate surface area is 215 Å². The van der Waals surface area contributed by atoms with Crippen molar-refractivity contribution in [1.29, 1.82) is 0 Å². The Morgan fingerprint density at radius 2 is 1.35 bits per heavy atom. The molecule has 7 nitrogen and oxygen atoms in total. The summed E-state index contributed by atoms with van der Waals surface area (Å²) in [5.74, 6) is -0.614. The van der Waals surface area contributed by atoms with Crippen molar-refractivity contribution in [1.82, 2.24) is 10.9 Å². The van der Waals surface area contributed by atoms with Crippen molar-refractivity contribution in [2.24, 2.45) is 0 Å². The molecular weight excluding hydrogens is 466 g/mol. The third-order valence-electron chi connectivity index (χ3n) is 5.68. The van der Waals surface area contributed by atoms with Crippen LogP contribution in [0.2, 0.25) is 0 Å².